The van der Waals surface area contributed by atoms with E-state index < -0.39 is 59.1 Å². The number of carbonyl (C=O) groups is 4. The molecule has 0 aromatic heterocycles. The van der Waals surface area contributed by atoms with E-state index in [0.29, 0.717) is 0 Å². The molecule has 2 aromatic carbocycles. The van der Waals surface area contributed by atoms with Crippen molar-refractivity contribution in [3.05, 3.63) is 59.7 Å². The van der Waals surface area contributed by atoms with Gasteiger partial charge < -0.3 is 40.1 Å². The first kappa shape index (κ1) is 25.3. The van der Waals surface area contributed by atoms with Crippen LogP contribution < -0.4 is 0 Å². The minimum atomic E-state index is -2.40. The number of ether oxygens (including phenoxy) is 2. The third kappa shape index (κ3) is 7.02. The van der Waals surface area contributed by atoms with Crippen molar-refractivity contribution >= 4 is 36.0 Å². The zero-order valence-corrected chi connectivity index (χ0v) is 17.1. The number of esters is 2. The first-order valence-electron chi connectivity index (χ1n) is 9.25. The fraction of sp³-hybridized carbons (Fsp3) is 0.0909. The molecule has 2 atom stereocenters. The number of phenolic OH excluding ortho intramolecular Hbond substituents is 4. The Morgan fingerprint density at radius 1 is 0.618 bits per heavy atom. The molecule has 0 fully saturated rings. The van der Waals surface area contributed by atoms with Gasteiger partial charge in [0.15, 0.2) is 23.0 Å². The van der Waals surface area contributed by atoms with Crippen molar-refractivity contribution in [3.63, 3.8) is 0 Å². The Bertz CT molecular complexity index is 1070. The van der Waals surface area contributed by atoms with Crippen molar-refractivity contribution in [2.24, 2.45) is 0 Å². The van der Waals surface area contributed by atoms with E-state index in [0.717, 1.165) is 48.6 Å². The van der Waals surface area contributed by atoms with Crippen LogP contribution in [0.5, 0.6) is 23.0 Å². The quantitative estimate of drug-likeness (QED) is 0.172. The Labute approximate surface area is 190 Å². The summed E-state index contributed by atoms with van der Waals surface area (Å²) in [5.74, 6) is -8.18. The third-order valence-corrected chi connectivity index (χ3v) is 4.07. The Morgan fingerprint density at radius 3 is 1.26 bits per heavy atom. The second-order valence-corrected chi connectivity index (χ2v) is 6.55. The van der Waals surface area contributed by atoms with Gasteiger partial charge in [-0.25, -0.2) is 19.2 Å². The van der Waals surface area contributed by atoms with Crippen molar-refractivity contribution in [2.45, 2.75) is 12.2 Å². The van der Waals surface area contributed by atoms with Crippen LogP contribution in [0.25, 0.3) is 12.2 Å². The highest BCUT2D eigenvalue weighted by atomic mass is 16.6. The maximum absolute atomic E-state index is 12.0. The number of carboxylic acid groups (broad SMARTS) is 2. The van der Waals surface area contributed by atoms with Gasteiger partial charge in [0, 0.05) is 12.2 Å². The van der Waals surface area contributed by atoms with E-state index in [1.54, 1.807) is 0 Å². The lowest BCUT2D eigenvalue weighted by molar-refractivity contribution is -0.183. The number of hydrogen-bond acceptors (Lipinski definition) is 10. The average molecular weight is 474 g/mol. The summed E-state index contributed by atoms with van der Waals surface area (Å²) in [6, 6.07) is 7.08. The zero-order valence-electron chi connectivity index (χ0n) is 17.1. The van der Waals surface area contributed by atoms with Gasteiger partial charge in [0.2, 0.25) is 12.2 Å². The number of aliphatic carboxylic acids is 2. The lowest BCUT2D eigenvalue weighted by Crippen LogP contribution is -2.45. The second-order valence-electron chi connectivity index (χ2n) is 6.55. The predicted octanol–water partition coefficient (Wildman–Crippen LogP) is 1.23. The number of hydrogen-bond donors (Lipinski definition) is 6. The largest absolute Gasteiger partial charge is 0.504 e. The number of rotatable bonds is 9. The minimum absolute atomic E-state index is 0.228. The summed E-state index contributed by atoms with van der Waals surface area (Å²) in [6.45, 7) is 0. The molecule has 0 aliphatic heterocycles. The van der Waals surface area contributed by atoms with E-state index in [1.165, 1.54) is 12.1 Å². The molecule has 0 amide bonds. The fourth-order valence-corrected chi connectivity index (χ4v) is 2.43. The molecular formula is C22H18O12. The molecule has 0 saturated heterocycles. The SMILES string of the molecule is O=C(/C=C/c1ccc(O)c(O)c1)OC(C(=O)O)[C@@H](OC(=O)/C=C/c1ccc(O)c(O)c1)C(=O)O. The van der Waals surface area contributed by atoms with Gasteiger partial charge >= 0.3 is 23.9 Å². The van der Waals surface area contributed by atoms with Gasteiger partial charge in [-0.2, -0.15) is 0 Å². The molecule has 0 aliphatic rings. The highest BCUT2D eigenvalue weighted by molar-refractivity contribution is 5.93. The first-order valence-corrected chi connectivity index (χ1v) is 9.25. The van der Waals surface area contributed by atoms with Crippen LogP contribution >= 0.6 is 0 Å². The number of phenols is 4. The van der Waals surface area contributed by atoms with Gasteiger partial charge in [-0.3, -0.25) is 0 Å². The second kappa shape index (κ2) is 11.0. The molecule has 2 rings (SSSR count). The molecule has 0 bridgehead atoms. The van der Waals surface area contributed by atoms with Gasteiger partial charge in [0.05, 0.1) is 0 Å². The maximum Gasteiger partial charge on any atom is 0.349 e. The van der Waals surface area contributed by atoms with Crippen LogP contribution in [0.15, 0.2) is 48.6 Å². The normalized spacial score (nSPS) is 12.8. The minimum Gasteiger partial charge on any atom is -0.504 e. The van der Waals surface area contributed by atoms with E-state index in [1.807, 2.05) is 0 Å². The van der Waals surface area contributed by atoms with Crippen LogP contribution in [0.3, 0.4) is 0 Å². The molecule has 12 nitrogen and oxygen atoms in total. The summed E-state index contributed by atoms with van der Waals surface area (Å²) in [5, 5.41) is 55.9. The fourth-order valence-electron chi connectivity index (χ4n) is 2.43. The molecule has 34 heavy (non-hydrogen) atoms. The predicted molar refractivity (Wildman–Crippen MR) is 113 cm³/mol. The molecule has 6 N–H and O–H groups in total. The molecule has 0 saturated carbocycles. The Balaban J connectivity index is 2.11. The van der Waals surface area contributed by atoms with Crippen molar-refractivity contribution < 1.29 is 59.3 Å². The van der Waals surface area contributed by atoms with Crippen molar-refractivity contribution in [3.8, 4) is 23.0 Å². The van der Waals surface area contributed by atoms with Gasteiger partial charge in [-0.1, -0.05) is 12.1 Å². The number of aromatic hydroxyl groups is 4. The van der Waals surface area contributed by atoms with Gasteiger partial charge in [-0.15, -0.1) is 0 Å². The van der Waals surface area contributed by atoms with Gasteiger partial charge in [-0.05, 0) is 47.5 Å². The zero-order chi connectivity index (χ0) is 25.4. The van der Waals surface area contributed by atoms with E-state index >= 15 is 0 Å². The van der Waals surface area contributed by atoms with Crippen LogP contribution in [0, 0.1) is 0 Å². The lowest BCUT2D eigenvalue weighted by atomic mass is 10.2. The maximum atomic E-state index is 12.0. The summed E-state index contributed by atoms with van der Waals surface area (Å²) < 4.78 is 9.25. The lowest BCUT2D eigenvalue weighted by Gasteiger charge is -2.19. The Morgan fingerprint density at radius 2 is 0.971 bits per heavy atom. The molecule has 0 heterocycles. The molecule has 178 valence electrons. The van der Waals surface area contributed by atoms with Crippen LogP contribution in [0.2, 0.25) is 0 Å². The van der Waals surface area contributed by atoms with Crippen molar-refractivity contribution in [2.75, 3.05) is 0 Å². The summed E-state index contributed by atoms with van der Waals surface area (Å²) in [5.41, 5.74) is 0.455. The van der Waals surface area contributed by atoms with E-state index in [-0.39, 0.29) is 11.1 Å². The standard InChI is InChI=1S/C22H18O12/c23-13-5-1-11(9-15(13)25)3-7-17(27)33-19(21(29)30)20(22(31)32)34-18(28)8-4-12-2-6-14(24)16(26)10-12/h1-10,19-20,23-26H,(H,29,30)(H,31,32)/b7-3+,8-4+/t19-,20?/m1/s1. The van der Waals surface area contributed by atoms with Crippen LogP contribution in [-0.2, 0) is 28.7 Å². The molecule has 2 aromatic rings. The highest BCUT2D eigenvalue weighted by Gasteiger charge is 2.40. The molecule has 0 radical (unpaired) electrons. The smallest absolute Gasteiger partial charge is 0.349 e. The number of carbonyl (C=O) groups excluding carboxylic acids is 2. The van der Waals surface area contributed by atoms with Crippen LogP contribution in [0.4, 0.5) is 0 Å². The van der Waals surface area contributed by atoms with E-state index in [4.69, 9.17) is 0 Å². The first-order chi connectivity index (χ1) is 16.0. The van der Waals surface area contributed by atoms with E-state index in [9.17, 15) is 49.8 Å². The molecule has 12 heteroatoms. The molecule has 1 unspecified atom stereocenters. The monoisotopic (exact) mass is 474 g/mol. The topological polar surface area (TPSA) is 208 Å². The molecular weight excluding hydrogens is 456 g/mol. The van der Waals surface area contributed by atoms with E-state index in [2.05, 4.69) is 9.47 Å². The summed E-state index contributed by atoms with van der Waals surface area (Å²) in [7, 11) is 0. The molecule has 0 aliphatic carbocycles. The highest BCUT2D eigenvalue weighted by Crippen LogP contribution is 2.26. The Kier molecular flexibility index (Phi) is 8.20. The Hall–Kier alpha value is -5.00. The number of carboxylic acids is 2. The van der Waals surface area contributed by atoms with Crippen LogP contribution in [0.1, 0.15) is 11.1 Å². The molecule has 0 spiro atoms. The van der Waals surface area contributed by atoms with Gasteiger partial charge in [0.1, 0.15) is 0 Å². The van der Waals surface area contributed by atoms with Crippen molar-refractivity contribution in [1.29, 1.82) is 0 Å². The third-order valence-electron chi connectivity index (χ3n) is 4.07. The van der Waals surface area contributed by atoms with Gasteiger partial charge in [0.25, 0.3) is 0 Å². The summed E-state index contributed by atoms with van der Waals surface area (Å²) in [6.07, 6.45) is -1.15. The number of benzene rings is 2. The summed E-state index contributed by atoms with van der Waals surface area (Å²) >= 11 is 0. The van der Waals surface area contributed by atoms with Crippen LogP contribution in [-0.4, -0.2) is 66.7 Å². The average Bonchev–Trinajstić information content (AvgIpc) is 2.77. The van der Waals surface area contributed by atoms with Crippen molar-refractivity contribution in [1.82, 2.24) is 0 Å². The summed E-state index contributed by atoms with van der Waals surface area (Å²) in [4.78, 5) is 46.9.